The summed E-state index contributed by atoms with van der Waals surface area (Å²) in [5, 5.41) is 9.39. The topological polar surface area (TPSA) is 47.3 Å². The Morgan fingerprint density at radius 2 is 1.70 bits per heavy atom. The molecule has 0 aromatic rings. The van der Waals surface area contributed by atoms with Crippen molar-refractivity contribution < 1.29 is 4.79 Å². The predicted octanol–water partition coefficient (Wildman–Crippen LogP) is 2.40. The van der Waals surface area contributed by atoms with Crippen LogP contribution in [0.3, 0.4) is 0 Å². The summed E-state index contributed by atoms with van der Waals surface area (Å²) >= 11 is 0. The lowest BCUT2D eigenvalue weighted by Gasteiger charge is -2.40. The number of hydrogen-bond acceptors (Lipinski definition) is 3. The van der Waals surface area contributed by atoms with E-state index in [1.807, 2.05) is 18.7 Å². The van der Waals surface area contributed by atoms with Crippen LogP contribution in [0.4, 0.5) is 0 Å². The average Bonchev–Trinajstić information content (AvgIpc) is 3.04. The fraction of sp³-hybridized carbons (Fsp3) is 0.875. The van der Waals surface area contributed by atoms with E-state index < -0.39 is 5.41 Å². The lowest BCUT2D eigenvalue weighted by atomic mass is 9.82. The van der Waals surface area contributed by atoms with Gasteiger partial charge >= 0.3 is 0 Å². The first kappa shape index (κ1) is 15.3. The van der Waals surface area contributed by atoms with Crippen LogP contribution < -0.4 is 0 Å². The molecule has 2 aliphatic rings. The Kier molecular flexibility index (Phi) is 5.04. The van der Waals surface area contributed by atoms with Crippen molar-refractivity contribution in [3.05, 3.63) is 0 Å². The largest absolute Gasteiger partial charge is 0.339 e. The third-order valence-corrected chi connectivity index (χ3v) is 5.27. The maximum Gasteiger partial charge on any atom is 0.243 e. The van der Waals surface area contributed by atoms with Gasteiger partial charge in [-0.25, -0.2) is 0 Å². The van der Waals surface area contributed by atoms with Crippen molar-refractivity contribution in [1.82, 2.24) is 9.80 Å². The Morgan fingerprint density at radius 3 is 2.15 bits per heavy atom. The van der Waals surface area contributed by atoms with Crippen molar-refractivity contribution in [2.24, 2.45) is 5.41 Å². The number of rotatable bonds is 4. The Labute approximate surface area is 122 Å². The number of hydrogen-bond donors (Lipinski definition) is 0. The van der Waals surface area contributed by atoms with Crippen LogP contribution in [0.5, 0.6) is 0 Å². The molecular weight excluding hydrogens is 250 g/mol. The molecule has 4 nitrogen and oxygen atoms in total. The molecule has 20 heavy (non-hydrogen) atoms. The lowest BCUT2D eigenvalue weighted by Crippen LogP contribution is -2.54. The van der Waals surface area contributed by atoms with Gasteiger partial charge in [0.2, 0.25) is 5.91 Å². The highest BCUT2D eigenvalue weighted by Gasteiger charge is 2.39. The maximum absolute atomic E-state index is 12.6. The van der Waals surface area contributed by atoms with Crippen LogP contribution in [-0.2, 0) is 4.79 Å². The second kappa shape index (κ2) is 6.58. The molecule has 0 radical (unpaired) electrons. The van der Waals surface area contributed by atoms with Crippen molar-refractivity contribution in [2.45, 2.75) is 58.4 Å². The van der Waals surface area contributed by atoms with Crippen LogP contribution in [0.1, 0.15) is 52.4 Å². The van der Waals surface area contributed by atoms with E-state index in [2.05, 4.69) is 11.0 Å². The van der Waals surface area contributed by atoms with E-state index in [4.69, 9.17) is 0 Å². The molecule has 2 rings (SSSR count). The molecule has 1 aliphatic carbocycles. The van der Waals surface area contributed by atoms with Gasteiger partial charge in [-0.1, -0.05) is 26.7 Å². The Balaban J connectivity index is 1.93. The zero-order valence-electron chi connectivity index (χ0n) is 12.9. The molecule has 1 heterocycles. The molecule has 1 saturated heterocycles. The fourth-order valence-electron chi connectivity index (χ4n) is 3.62. The van der Waals surface area contributed by atoms with Gasteiger partial charge in [-0.15, -0.1) is 0 Å². The van der Waals surface area contributed by atoms with E-state index >= 15 is 0 Å². The van der Waals surface area contributed by atoms with E-state index in [1.54, 1.807) is 0 Å². The first-order valence-corrected chi connectivity index (χ1v) is 8.11. The second-order valence-corrected chi connectivity index (χ2v) is 6.17. The number of nitriles is 1. The number of carbonyl (C=O) groups is 1. The van der Waals surface area contributed by atoms with Crippen LogP contribution in [0.25, 0.3) is 0 Å². The van der Waals surface area contributed by atoms with E-state index in [9.17, 15) is 10.1 Å². The zero-order valence-corrected chi connectivity index (χ0v) is 12.9. The van der Waals surface area contributed by atoms with Crippen LogP contribution in [0.2, 0.25) is 0 Å². The van der Waals surface area contributed by atoms with Gasteiger partial charge in [-0.05, 0) is 25.7 Å². The molecule has 0 unspecified atom stereocenters. The maximum atomic E-state index is 12.6. The SMILES string of the molecule is CCC(C#N)(CC)C(=O)N1CCN(C2CCCC2)CC1. The average molecular weight is 277 g/mol. The monoisotopic (exact) mass is 277 g/mol. The molecule has 1 aliphatic heterocycles. The highest BCUT2D eigenvalue weighted by Crippen LogP contribution is 2.30. The summed E-state index contributed by atoms with van der Waals surface area (Å²) < 4.78 is 0. The molecule has 2 fully saturated rings. The molecule has 1 amide bonds. The second-order valence-electron chi connectivity index (χ2n) is 6.17. The van der Waals surface area contributed by atoms with E-state index in [0.29, 0.717) is 12.8 Å². The summed E-state index contributed by atoms with van der Waals surface area (Å²) in [6, 6.07) is 3.01. The van der Waals surface area contributed by atoms with Crippen molar-refractivity contribution >= 4 is 5.91 Å². The summed E-state index contributed by atoms with van der Waals surface area (Å²) in [5.41, 5.74) is -0.796. The summed E-state index contributed by atoms with van der Waals surface area (Å²) in [4.78, 5) is 17.1. The molecule has 0 spiro atoms. The van der Waals surface area contributed by atoms with E-state index in [0.717, 1.165) is 32.2 Å². The van der Waals surface area contributed by atoms with E-state index in [1.165, 1.54) is 25.7 Å². The minimum absolute atomic E-state index is 0.0519. The van der Waals surface area contributed by atoms with Gasteiger partial charge in [-0.2, -0.15) is 5.26 Å². The van der Waals surface area contributed by atoms with Gasteiger partial charge in [0.15, 0.2) is 0 Å². The fourth-order valence-corrected chi connectivity index (χ4v) is 3.62. The summed E-state index contributed by atoms with van der Waals surface area (Å²) in [6.07, 6.45) is 6.57. The summed E-state index contributed by atoms with van der Waals surface area (Å²) in [7, 11) is 0. The van der Waals surface area contributed by atoms with Gasteiger partial charge in [0.25, 0.3) is 0 Å². The van der Waals surface area contributed by atoms with Crippen LogP contribution in [0, 0.1) is 16.7 Å². The molecule has 0 aromatic heterocycles. The minimum Gasteiger partial charge on any atom is -0.339 e. The van der Waals surface area contributed by atoms with Gasteiger partial charge in [0.05, 0.1) is 6.07 Å². The number of nitrogens with zero attached hydrogens (tertiary/aromatic N) is 3. The molecular formula is C16H27N3O. The van der Waals surface area contributed by atoms with Crippen molar-refractivity contribution in [3.63, 3.8) is 0 Å². The summed E-state index contributed by atoms with van der Waals surface area (Å²) in [6.45, 7) is 7.42. The third-order valence-electron chi connectivity index (χ3n) is 5.27. The number of carbonyl (C=O) groups excluding carboxylic acids is 1. The molecule has 1 saturated carbocycles. The standard InChI is InChI=1S/C16H27N3O/c1-3-16(4-2,13-17)15(20)19-11-9-18(10-12-19)14-7-5-6-8-14/h14H,3-12H2,1-2H3. The van der Waals surface area contributed by atoms with E-state index in [-0.39, 0.29) is 5.91 Å². The van der Waals surface area contributed by atoms with Gasteiger partial charge < -0.3 is 4.90 Å². The highest BCUT2D eigenvalue weighted by molar-refractivity contribution is 5.85. The molecule has 4 heteroatoms. The molecule has 112 valence electrons. The smallest absolute Gasteiger partial charge is 0.243 e. The molecule has 0 bridgehead atoms. The number of piperazine rings is 1. The normalized spacial score (nSPS) is 21.9. The molecule has 0 N–H and O–H groups in total. The first-order chi connectivity index (χ1) is 9.66. The van der Waals surface area contributed by atoms with Gasteiger partial charge in [-0.3, -0.25) is 9.69 Å². The van der Waals surface area contributed by atoms with Gasteiger partial charge in [0.1, 0.15) is 5.41 Å². The highest BCUT2D eigenvalue weighted by atomic mass is 16.2. The Bertz CT molecular complexity index is 370. The first-order valence-electron chi connectivity index (χ1n) is 8.11. The minimum atomic E-state index is -0.796. The van der Waals surface area contributed by atoms with Crippen LogP contribution in [0.15, 0.2) is 0 Å². The third kappa shape index (κ3) is 2.83. The molecule has 0 atom stereocenters. The number of amides is 1. The van der Waals surface area contributed by atoms with Crippen molar-refractivity contribution in [2.75, 3.05) is 26.2 Å². The molecule has 0 aromatic carbocycles. The Hall–Kier alpha value is -1.08. The summed E-state index contributed by atoms with van der Waals surface area (Å²) in [5.74, 6) is 0.0519. The van der Waals surface area contributed by atoms with Crippen LogP contribution >= 0.6 is 0 Å². The van der Waals surface area contributed by atoms with Crippen LogP contribution in [-0.4, -0.2) is 47.9 Å². The van der Waals surface area contributed by atoms with Crippen molar-refractivity contribution in [1.29, 1.82) is 5.26 Å². The lowest BCUT2D eigenvalue weighted by molar-refractivity contribution is -0.141. The zero-order chi connectivity index (χ0) is 14.6. The quantitative estimate of drug-likeness (QED) is 0.793. The predicted molar refractivity (Wildman–Crippen MR) is 79.0 cm³/mol. The van der Waals surface area contributed by atoms with Crippen molar-refractivity contribution in [3.8, 4) is 6.07 Å². The van der Waals surface area contributed by atoms with Gasteiger partial charge in [0, 0.05) is 32.2 Å². The Morgan fingerprint density at radius 1 is 1.15 bits per heavy atom.